The van der Waals surface area contributed by atoms with Gasteiger partial charge in [-0.1, -0.05) is 18.2 Å². The van der Waals surface area contributed by atoms with Gasteiger partial charge in [-0.25, -0.2) is 4.98 Å². The van der Waals surface area contributed by atoms with Crippen LogP contribution in [0.3, 0.4) is 0 Å². The van der Waals surface area contributed by atoms with Gasteiger partial charge in [0.2, 0.25) is 0 Å². The van der Waals surface area contributed by atoms with Crippen molar-refractivity contribution in [1.82, 2.24) is 15.0 Å². The summed E-state index contributed by atoms with van der Waals surface area (Å²) in [7, 11) is 0. The van der Waals surface area contributed by atoms with Crippen molar-refractivity contribution in [2.45, 2.75) is 13.5 Å². The number of benzene rings is 1. The Morgan fingerprint density at radius 1 is 1.24 bits per heavy atom. The number of aromatic amines is 1. The van der Waals surface area contributed by atoms with E-state index in [9.17, 15) is 4.79 Å². The second-order valence-corrected chi connectivity index (χ2v) is 4.63. The number of aromatic nitrogens is 3. The maximum absolute atomic E-state index is 11.7. The first-order chi connectivity index (χ1) is 10.3. The Bertz CT molecular complexity index is 827. The number of nitrogens with one attached hydrogen (secondary N) is 1. The number of fused-ring (bicyclic) bond motifs is 1. The van der Waals surface area contributed by atoms with E-state index in [-0.39, 0.29) is 5.56 Å². The van der Waals surface area contributed by atoms with Crippen LogP contribution in [0.2, 0.25) is 0 Å². The molecule has 0 aliphatic carbocycles. The number of rotatable bonds is 4. The maximum atomic E-state index is 11.7. The number of ether oxygens (including phenoxy) is 1. The molecule has 106 valence electrons. The summed E-state index contributed by atoms with van der Waals surface area (Å²) in [5.74, 6) is 0.521. The normalized spacial score (nSPS) is 10.9. The standard InChI is InChI=1S/C16H15N3O2/c1-2-21-10-15-18-14(8-16(20)19-15)12-7-11-5-3-4-6-13(11)17-9-12/h3-9H,2,10H2,1H3,(H,18,19,20). The zero-order valence-electron chi connectivity index (χ0n) is 11.7. The van der Waals surface area contributed by atoms with E-state index >= 15 is 0 Å². The number of hydrogen-bond donors (Lipinski definition) is 1. The highest BCUT2D eigenvalue weighted by molar-refractivity contribution is 5.82. The molecule has 0 unspecified atom stereocenters. The number of H-pyrrole nitrogens is 1. The maximum Gasteiger partial charge on any atom is 0.251 e. The molecule has 0 saturated heterocycles. The summed E-state index contributed by atoms with van der Waals surface area (Å²) in [6.07, 6.45) is 1.73. The molecule has 3 rings (SSSR count). The molecule has 0 saturated carbocycles. The number of nitrogens with zero attached hydrogens (tertiary/aromatic N) is 2. The average molecular weight is 281 g/mol. The van der Waals surface area contributed by atoms with Crippen molar-refractivity contribution >= 4 is 10.9 Å². The van der Waals surface area contributed by atoms with Gasteiger partial charge in [0, 0.05) is 29.8 Å². The quantitative estimate of drug-likeness (QED) is 0.798. The molecule has 21 heavy (non-hydrogen) atoms. The molecule has 2 heterocycles. The molecule has 0 aliphatic rings. The van der Waals surface area contributed by atoms with Crippen LogP contribution >= 0.6 is 0 Å². The van der Waals surface area contributed by atoms with Crippen molar-refractivity contribution in [3.63, 3.8) is 0 Å². The van der Waals surface area contributed by atoms with Gasteiger partial charge in [-0.15, -0.1) is 0 Å². The van der Waals surface area contributed by atoms with E-state index < -0.39 is 0 Å². The van der Waals surface area contributed by atoms with E-state index in [0.717, 1.165) is 16.5 Å². The summed E-state index contributed by atoms with van der Waals surface area (Å²) in [4.78, 5) is 23.2. The summed E-state index contributed by atoms with van der Waals surface area (Å²) in [5, 5.41) is 1.02. The average Bonchev–Trinajstić information content (AvgIpc) is 2.52. The van der Waals surface area contributed by atoms with E-state index in [4.69, 9.17) is 4.74 Å². The molecule has 3 aromatic rings. The zero-order valence-corrected chi connectivity index (χ0v) is 11.7. The first-order valence-electron chi connectivity index (χ1n) is 6.79. The van der Waals surface area contributed by atoms with Gasteiger partial charge in [0.25, 0.3) is 5.56 Å². The molecule has 5 nitrogen and oxygen atoms in total. The Morgan fingerprint density at radius 3 is 2.95 bits per heavy atom. The minimum Gasteiger partial charge on any atom is -0.374 e. The van der Waals surface area contributed by atoms with Gasteiger partial charge in [0.15, 0.2) is 0 Å². The number of pyridine rings is 1. The molecule has 0 amide bonds. The predicted octanol–water partition coefficient (Wildman–Crippen LogP) is 2.52. The van der Waals surface area contributed by atoms with Crippen LogP contribution in [-0.4, -0.2) is 21.6 Å². The van der Waals surface area contributed by atoms with Crippen LogP contribution in [0, 0.1) is 0 Å². The van der Waals surface area contributed by atoms with E-state index in [1.807, 2.05) is 37.3 Å². The van der Waals surface area contributed by atoms with Gasteiger partial charge < -0.3 is 9.72 Å². The highest BCUT2D eigenvalue weighted by atomic mass is 16.5. The zero-order chi connectivity index (χ0) is 14.7. The van der Waals surface area contributed by atoms with E-state index in [0.29, 0.717) is 24.7 Å². The van der Waals surface area contributed by atoms with Crippen molar-refractivity contribution in [3.05, 3.63) is 58.8 Å². The van der Waals surface area contributed by atoms with Crippen molar-refractivity contribution in [2.75, 3.05) is 6.61 Å². The third-order valence-corrected chi connectivity index (χ3v) is 3.12. The Hall–Kier alpha value is -2.53. The molecular weight excluding hydrogens is 266 g/mol. The summed E-state index contributed by atoms with van der Waals surface area (Å²) >= 11 is 0. The highest BCUT2D eigenvalue weighted by Crippen LogP contribution is 2.20. The molecule has 1 aromatic carbocycles. The van der Waals surface area contributed by atoms with Crippen LogP contribution in [0.4, 0.5) is 0 Å². The highest BCUT2D eigenvalue weighted by Gasteiger charge is 2.06. The van der Waals surface area contributed by atoms with Gasteiger partial charge in [0.1, 0.15) is 12.4 Å². The third-order valence-electron chi connectivity index (χ3n) is 3.12. The van der Waals surface area contributed by atoms with Gasteiger partial charge in [0.05, 0.1) is 11.2 Å². The fourth-order valence-corrected chi connectivity index (χ4v) is 2.13. The van der Waals surface area contributed by atoms with Crippen molar-refractivity contribution in [1.29, 1.82) is 0 Å². The Kier molecular flexibility index (Phi) is 3.75. The smallest absolute Gasteiger partial charge is 0.251 e. The predicted molar refractivity (Wildman–Crippen MR) is 80.9 cm³/mol. The monoisotopic (exact) mass is 281 g/mol. The Morgan fingerprint density at radius 2 is 2.10 bits per heavy atom. The van der Waals surface area contributed by atoms with Crippen LogP contribution in [-0.2, 0) is 11.3 Å². The van der Waals surface area contributed by atoms with E-state index in [1.54, 1.807) is 6.20 Å². The van der Waals surface area contributed by atoms with Crippen molar-refractivity contribution in [3.8, 4) is 11.3 Å². The molecule has 0 bridgehead atoms. The first kappa shape index (κ1) is 13.5. The fourth-order valence-electron chi connectivity index (χ4n) is 2.13. The second kappa shape index (κ2) is 5.85. The van der Waals surface area contributed by atoms with Crippen molar-refractivity contribution < 1.29 is 4.74 Å². The van der Waals surface area contributed by atoms with Gasteiger partial charge >= 0.3 is 0 Å². The van der Waals surface area contributed by atoms with E-state index in [1.165, 1.54) is 6.07 Å². The minimum atomic E-state index is -0.192. The van der Waals surface area contributed by atoms with Gasteiger partial charge in [-0.2, -0.15) is 0 Å². The molecule has 0 fully saturated rings. The lowest BCUT2D eigenvalue weighted by atomic mass is 10.1. The number of para-hydroxylation sites is 1. The molecule has 0 spiro atoms. The fraction of sp³-hybridized carbons (Fsp3) is 0.188. The molecule has 0 atom stereocenters. The summed E-state index contributed by atoms with van der Waals surface area (Å²) < 4.78 is 5.29. The first-order valence-corrected chi connectivity index (χ1v) is 6.79. The largest absolute Gasteiger partial charge is 0.374 e. The Balaban J connectivity index is 2.04. The van der Waals surface area contributed by atoms with Crippen LogP contribution in [0.5, 0.6) is 0 Å². The molecular formula is C16H15N3O2. The van der Waals surface area contributed by atoms with Gasteiger partial charge in [-0.05, 0) is 19.1 Å². The lowest BCUT2D eigenvalue weighted by Gasteiger charge is -2.05. The topological polar surface area (TPSA) is 67.9 Å². The molecule has 2 aromatic heterocycles. The molecule has 0 radical (unpaired) electrons. The van der Waals surface area contributed by atoms with Crippen LogP contribution in [0.25, 0.3) is 22.2 Å². The van der Waals surface area contributed by atoms with Gasteiger partial charge in [-0.3, -0.25) is 9.78 Å². The number of hydrogen-bond acceptors (Lipinski definition) is 4. The van der Waals surface area contributed by atoms with Crippen LogP contribution in [0.1, 0.15) is 12.7 Å². The summed E-state index contributed by atoms with van der Waals surface area (Å²) in [6, 6.07) is 11.3. The van der Waals surface area contributed by atoms with Crippen molar-refractivity contribution in [2.24, 2.45) is 0 Å². The molecule has 5 heteroatoms. The molecule has 0 aliphatic heterocycles. The van der Waals surface area contributed by atoms with Crippen LogP contribution < -0.4 is 5.56 Å². The summed E-state index contributed by atoms with van der Waals surface area (Å²) in [5.41, 5.74) is 2.15. The second-order valence-electron chi connectivity index (χ2n) is 4.63. The SMILES string of the molecule is CCOCc1nc(-c2cnc3ccccc3c2)cc(=O)[nH]1. The lowest BCUT2D eigenvalue weighted by molar-refractivity contribution is 0.128. The molecule has 1 N–H and O–H groups in total. The minimum absolute atomic E-state index is 0.192. The third kappa shape index (κ3) is 2.98. The van der Waals surface area contributed by atoms with E-state index in [2.05, 4.69) is 15.0 Å². The Labute approximate surface area is 121 Å². The van der Waals surface area contributed by atoms with Crippen LogP contribution in [0.15, 0.2) is 47.4 Å². The lowest BCUT2D eigenvalue weighted by Crippen LogP contribution is -2.12. The summed E-state index contributed by atoms with van der Waals surface area (Å²) in [6.45, 7) is 2.77.